The monoisotopic (exact) mass is 717 g/mol. The summed E-state index contributed by atoms with van der Waals surface area (Å²) in [7, 11) is 0. The fraction of sp³-hybridized carbons (Fsp3) is 0.618. The summed E-state index contributed by atoms with van der Waals surface area (Å²) in [5, 5.41) is 45.3. The van der Waals surface area contributed by atoms with Crippen LogP contribution in [-0.4, -0.2) is 116 Å². The zero-order valence-corrected chi connectivity index (χ0v) is 29.8. The molecule has 0 bridgehead atoms. The molecule has 7 atom stereocenters. The van der Waals surface area contributed by atoms with E-state index in [-0.39, 0.29) is 37.5 Å². The number of phenols is 1. The molecule has 2 aliphatic rings. The van der Waals surface area contributed by atoms with Gasteiger partial charge in [-0.15, -0.1) is 0 Å². The Morgan fingerprint density at radius 2 is 1.41 bits per heavy atom. The van der Waals surface area contributed by atoms with Gasteiger partial charge in [-0.05, 0) is 70.6 Å². The molecule has 51 heavy (non-hydrogen) atoms. The molecule has 17 heteroatoms. The maximum atomic E-state index is 14.0. The minimum absolute atomic E-state index is 0.0178. The molecule has 3 rings (SSSR count). The predicted molar refractivity (Wildman–Crippen MR) is 182 cm³/mol. The second-order valence-electron chi connectivity index (χ2n) is 14.6. The van der Waals surface area contributed by atoms with Crippen LogP contribution in [0.1, 0.15) is 72.8 Å². The molecule has 2 saturated heterocycles. The van der Waals surface area contributed by atoms with Crippen LogP contribution in [0.3, 0.4) is 0 Å². The molecule has 282 valence electrons. The number of aliphatic hydroxyl groups excluding tert-OH is 1. The normalized spacial score (nSPS) is 26.5. The van der Waals surface area contributed by atoms with Gasteiger partial charge in [-0.2, -0.15) is 0 Å². The SMILES string of the molecule is CC(C)C[C@@H]1NC(=O)[C@H](Cc2ccc(O)cc2)NC(=O)[C@@H]2CCCN2[C@H](C(=O)NC(C)(C)C)NC(=O)[C@@H]([C@@H](C)O)NC(=O)[C@H](CC(=O)O)NC1=O. The number of aliphatic hydroxyl groups is 1. The largest absolute Gasteiger partial charge is 0.508 e. The van der Waals surface area contributed by atoms with Crippen LogP contribution in [0.15, 0.2) is 24.3 Å². The molecule has 0 aromatic heterocycles. The van der Waals surface area contributed by atoms with Crippen molar-refractivity contribution in [2.45, 2.75) is 122 Å². The molecule has 0 radical (unpaired) electrons. The van der Waals surface area contributed by atoms with Crippen molar-refractivity contribution in [3.8, 4) is 5.75 Å². The first-order valence-corrected chi connectivity index (χ1v) is 17.0. The quantitative estimate of drug-likeness (QED) is 0.151. The first-order valence-electron chi connectivity index (χ1n) is 17.0. The van der Waals surface area contributed by atoms with Gasteiger partial charge in [0.05, 0.1) is 18.6 Å². The fourth-order valence-electron chi connectivity index (χ4n) is 5.98. The van der Waals surface area contributed by atoms with Crippen LogP contribution in [0.2, 0.25) is 0 Å². The topological polar surface area (TPSA) is 256 Å². The Kier molecular flexibility index (Phi) is 13.9. The molecule has 0 spiro atoms. The molecule has 17 nitrogen and oxygen atoms in total. The number of fused-ring (bicyclic) bond motifs is 1. The summed E-state index contributed by atoms with van der Waals surface area (Å²) in [6.07, 6.45) is -3.23. The van der Waals surface area contributed by atoms with E-state index < -0.39 is 95.9 Å². The van der Waals surface area contributed by atoms with E-state index in [0.29, 0.717) is 12.0 Å². The van der Waals surface area contributed by atoms with Crippen molar-refractivity contribution in [1.29, 1.82) is 0 Å². The predicted octanol–water partition coefficient (Wildman–Crippen LogP) is -1.39. The van der Waals surface area contributed by atoms with Gasteiger partial charge in [0.1, 0.15) is 29.9 Å². The molecule has 2 fully saturated rings. The van der Waals surface area contributed by atoms with E-state index in [0.717, 1.165) is 0 Å². The molecule has 2 heterocycles. The van der Waals surface area contributed by atoms with Crippen molar-refractivity contribution >= 4 is 41.4 Å². The lowest BCUT2D eigenvalue weighted by Gasteiger charge is -2.35. The number of aromatic hydroxyl groups is 1. The highest BCUT2D eigenvalue weighted by atomic mass is 16.4. The van der Waals surface area contributed by atoms with Gasteiger partial charge in [0, 0.05) is 18.5 Å². The average Bonchev–Trinajstić information content (AvgIpc) is 3.50. The number of carboxylic acid groups (broad SMARTS) is 1. The first-order chi connectivity index (χ1) is 23.7. The molecular formula is C34H51N7O10. The molecule has 6 amide bonds. The van der Waals surface area contributed by atoms with Gasteiger partial charge < -0.3 is 47.2 Å². The van der Waals surface area contributed by atoms with Crippen LogP contribution in [0.4, 0.5) is 0 Å². The number of carbonyl (C=O) groups is 7. The number of hydrogen-bond donors (Lipinski definition) is 9. The van der Waals surface area contributed by atoms with Crippen LogP contribution in [0.25, 0.3) is 0 Å². The highest BCUT2D eigenvalue weighted by molar-refractivity contribution is 5.98. The second-order valence-corrected chi connectivity index (χ2v) is 14.6. The molecule has 0 aliphatic carbocycles. The number of aliphatic carboxylic acids is 1. The summed E-state index contributed by atoms with van der Waals surface area (Å²) < 4.78 is 0. The Morgan fingerprint density at radius 3 is 1.98 bits per heavy atom. The van der Waals surface area contributed by atoms with Crippen molar-refractivity contribution in [2.75, 3.05) is 6.54 Å². The van der Waals surface area contributed by atoms with E-state index >= 15 is 0 Å². The zero-order chi connectivity index (χ0) is 38.2. The highest BCUT2D eigenvalue weighted by Crippen LogP contribution is 2.22. The van der Waals surface area contributed by atoms with Gasteiger partial charge in [0.25, 0.3) is 5.91 Å². The summed E-state index contributed by atoms with van der Waals surface area (Å²) in [6.45, 7) is 10.1. The average molecular weight is 718 g/mol. The minimum Gasteiger partial charge on any atom is -0.508 e. The van der Waals surface area contributed by atoms with Gasteiger partial charge in [-0.1, -0.05) is 26.0 Å². The number of rotatable bonds is 8. The lowest BCUT2D eigenvalue weighted by molar-refractivity contribution is -0.143. The molecule has 0 unspecified atom stereocenters. The number of nitrogens with one attached hydrogen (secondary N) is 6. The number of carboxylic acids is 1. The van der Waals surface area contributed by atoms with Crippen LogP contribution in [-0.2, 0) is 40.0 Å². The van der Waals surface area contributed by atoms with E-state index in [2.05, 4.69) is 31.9 Å². The van der Waals surface area contributed by atoms with Crippen molar-refractivity contribution in [2.24, 2.45) is 5.92 Å². The van der Waals surface area contributed by atoms with Crippen molar-refractivity contribution in [3.63, 3.8) is 0 Å². The Bertz CT molecular complexity index is 1460. The number of nitrogens with zero attached hydrogens (tertiary/aromatic N) is 1. The van der Waals surface area contributed by atoms with Crippen molar-refractivity contribution in [3.05, 3.63) is 29.8 Å². The van der Waals surface area contributed by atoms with Crippen LogP contribution in [0.5, 0.6) is 5.75 Å². The van der Waals surface area contributed by atoms with Crippen LogP contribution < -0.4 is 31.9 Å². The Hall–Kier alpha value is -4.77. The summed E-state index contributed by atoms with van der Waals surface area (Å²) >= 11 is 0. The van der Waals surface area contributed by atoms with Crippen LogP contribution in [0, 0.1) is 5.92 Å². The standard InChI is InChI=1S/C34H51N7O10/c1-17(2)14-21-28(46)36-23(16-25(44)45)30(48)38-26(18(3)42)32(50)39-27(33(51)40-34(4,5)6)41-13-7-8-24(41)31(49)37-22(29(47)35-21)15-19-9-11-20(43)12-10-19/h9-12,17-18,21-24,26-27,42-43H,7-8,13-16H2,1-6H3,(H,35,47)(H,36,46)(H,37,49)(H,38,48)(H,39,50)(H,40,51)(H,44,45)/t18-,21+,22+,23+,24+,26-,27-/m1/s1. The van der Waals surface area contributed by atoms with Gasteiger partial charge in [-0.25, -0.2) is 0 Å². The number of benzene rings is 1. The Morgan fingerprint density at radius 1 is 0.843 bits per heavy atom. The van der Waals surface area contributed by atoms with E-state index in [1.807, 2.05) is 0 Å². The van der Waals surface area contributed by atoms with E-state index in [1.165, 1.54) is 24.0 Å². The third-order valence-corrected chi connectivity index (χ3v) is 8.38. The second kappa shape index (κ2) is 17.4. The Labute approximate surface area is 296 Å². The summed E-state index contributed by atoms with van der Waals surface area (Å²) in [5.74, 6) is -6.73. The van der Waals surface area contributed by atoms with Gasteiger partial charge in [0.15, 0.2) is 6.17 Å². The van der Waals surface area contributed by atoms with Gasteiger partial charge >= 0.3 is 5.97 Å². The van der Waals surface area contributed by atoms with Crippen molar-refractivity contribution in [1.82, 2.24) is 36.8 Å². The molecule has 0 saturated carbocycles. The smallest absolute Gasteiger partial charge is 0.305 e. The van der Waals surface area contributed by atoms with E-state index in [1.54, 1.807) is 46.8 Å². The van der Waals surface area contributed by atoms with Crippen molar-refractivity contribution < 1.29 is 48.9 Å². The fourth-order valence-corrected chi connectivity index (χ4v) is 5.98. The maximum absolute atomic E-state index is 14.0. The van der Waals surface area contributed by atoms with Gasteiger partial charge in [0.2, 0.25) is 29.5 Å². The Balaban J connectivity index is 2.15. The van der Waals surface area contributed by atoms with E-state index in [4.69, 9.17) is 0 Å². The first kappa shape index (κ1) is 40.7. The lowest BCUT2D eigenvalue weighted by atomic mass is 10.00. The summed E-state index contributed by atoms with van der Waals surface area (Å²) in [6, 6.07) is -1.05. The number of hydrogen-bond acceptors (Lipinski definition) is 10. The molecular weight excluding hydrogens is 666 g/mol. The molecule has 9 N–H and O–H groups in total. The van der Waals surface area contributed by atoms with Crippen LogP contribution >= 0.6 is 0 Å². The third-order valence-electron chi connectivity index (χ3n) is 8.38. The number of amides is 6. The summed E-state index contributed by atoms with van der Waals surface area (Å²) in [4.78, 5) is 95.7. The molecule has 1 aromatic rings. The number of phenolic OH excluding ortho intramolecular Hbond substituents is 1. The maximum Gasteiger partial charge on any atom is 0.305 e. The lowest BCUT2D eigenvalue weighted by Crippen LogP contribution is -2.66. The molecule has 1 aromatic carbocycles. The molecule has 2 aliphatic heterocycles. The third kappa shape index (κ3) is 11.9. The van der Waals surface area contributed by atoms with Gasteiger partial charge in [-0.3, -0.25) is 38.5 Å². The highest BCUT2D eigenvalue weighted by Gasteiger charge is 2.43. The summed E-state index contributed by atoms with van der Waals surface area (Å²) in [5.41, 5.74) is -0.211. The van der Waals surface area contributed by atoms with E-state index in [9.17, 15) is 48.9 Å². The number of carbonyl (C=O) groups excluding carboxylic acids is 6. The minimum atomic E-state index is -1.73. The zero-order valence-electron chi connectivity index (χ0n) is 29.8.